The van der Waals surface area contributed by atoms with E-state index in [9.17, 15) is 4.79 Å². The number of Topliss-reactive ketones (excluding diaryl/α,β-unsaturated/α-hetero) is 1. The third-order valence-electron chi connectivity index (χ3n) is 2.71. The quantitative estimate of drug-likeness (QED) is 0.762. The Balaban J connectivity index is 2.08. The summed E-state index contributed by atoms with van der Waals surface area (Å²) in [5, 5.41) is 0. The van der Waals surface area contributed by atoms with Crippen molar-refractivity contribution in [3.63, 3.8) is 0 Å². The summed E-state index contributed by atoms with van der Waals surface area (Å²) in [6.45, 7) is 1.54. The van der Waals surface area contributed by atoms with Crippen LogP contribution in [-0.2, 0) is 4.74 Å². The van der Waals surface area contributed by atoms with Crippen LogP contribution >= 0.6 is 0 Å². The van der Waals surface area contributed by atoms with Crippen LogP contribution in [0.2, 0.25) is 0 Å². The van der Waals surface area contributed by atoms with Gasteiger partial charge < -0.3 is 14.9 Å². The second-order valence-corrected chi connectivity index (χ2v) is 3.72. The highest BCUT2D eigenvalue weighted by Gasteiger charge is 2.20. The number of hydrogen-bond donors (Lipinski definition) is 1. The van der Waals surface area contributed by atoms with E-state index in [0.29, 0.717) is 11.7 Å². The zero-order valence-electron chi connectivity index (χ0n) is 8.57. The average molecular weight is 209 g/mol. The fourth-order valence-corrected chi connectivity index (χ4v) is 1.80. The topological polar surface area (TPSA) is 65.5 Å². The van der Waals surface area contributed by atoms with E-state index < -0.39 is 0 Å². The fourth-order valence-electron chi connectivity index (χ4n) is 1.80. The first-order valence-corrected chi connectivity index (χ1v) is 5.22. The van der Waals surface area contributed by atoms with Crippen molar-refractivity contribution in [2.24, 2.45) is 5.73 Å². The van der Waals surface area contributed by atoms with Crippen molar-refractivity contribution >= 4 is 5.78 Å². The van der Waals surface area contributed by atoms with Gasteiger partial charge >= 0.3 is 0 Å². The predicted octanol–water partition coefficient (Wildman–Crippen LogP) is 1.31. The summed E-state index contributed by atoms with van der Waals surface area (Å²) in [6.07, 6.45) is 1.92. The van der Waals surface area contributed by atoms with Crippen molar-refractivity contribution < 1.29 is 13.9 Å². The van der Waals surface area contributed by atoms with Crippen LogP contribution in [0.4, 0.5) is 0 Å². The van der Waals surface area contributed by atoms with Crippen molar-refractivity contribution in [1.29, 1.82) is 0 Å². The van der Waals surface area contributed by atoms with Crippen molar-refractivity contribution in [2.75, 3.05) is 19.8 Å². The van der Waals surface area contributed by atoms with Crippen LogP contribution < -0.4 is 5.73 Å². The molecule has 2 heterocycles. The molecule has 0 atom stereocenters. The van der Waals surface area contributed by atoms with Crippen LogP contribution in [0.15, 0.2) is 16.5 Å². The summed E-state index contributed by atoms with van der Waals surface area (Å²) in [4.78, 5) is 11.3. The van der Waals surface area contributed by atoms with Crippen molar-refractivity contribution in [3.8, 4) is 0 Å². The van der Waals surface area contributed by atoms with E-state index in [1.54, 1.807) is 6.07 Å². The number of furan rings is 1. The third-order valence-corrected chi connectivity index (χ3v) is 2.71. The molecule has 0 bridgehead atoms. The standard InChI is InChI=1S/C11H15NO3/c12-7-9(13)11-2-1-10(15-11)8-3-5-14-6-4-8/h1-2,8H,3-7,12H2. The Morgan fingerprint density at radius 1 is 1.40 bits per heavy atom. The minimum absolute atomic E-state index is 0.000725. The Kier molecular flexibility index (Phi) is 3.18. The van der Waals surface area contributed by atoms with Crippen molar-refractivity contribution in [3.05, 3.63) is 23.7 Å². The highest BCUT2D eigenvalue weighted by atomic mass is 16.5. The van der Waals surface area contributed by atoms with Crippen LogP contribution in [0.3, 0.4) is 0 Å². The van der Waals surface area contributed by atoms with E-state index in [-0.39, 0.29) is 12.3 Å². The largest absolute Gasteiger partial charge is 0.458 e. The lowest BCUT2D eigenvalue weighted by Gasteiger charge is -2.19. The first-order valence-electron chi connectivity index (χ1n) is 5.22. The lowest BCUT2D eigenvalue weighted by molar-refractivity contribution is 0.0798. The van der Waals surface area contributed by atoms with Crippen LogP contribution in [0.1, 0.15) is 35.1 Å². The maximum atomic E-state index is 11.3. The van der Waals surface area contributed by atoms with E-state index in [1.165, 1.54) is 0 Å². The molecule has 0 radical (unpaired) electrons. The average Bonchev–Trinajstić information content (AvgIpc) is 2.78. The second-order valence-electron chi connectivity index (χ2n) is 3.72. The van der Waals surface area contributed by atoms with E-state index >= 15 is 0 Å². The van der Waals surface area contributed by atoms with Crippen LogP contribution in [0.5, 0.6) is 0 Å². The number of carbonyl (C=O) groups is 1. The molecule has 0 amide bonds. The molecular formula is C11H15NO3. The summed E-state index contributed by atoms with van der Waals surface area (Å²) in [7, 11) is 0. The van der Waals surface area contributed by atoms with Gasteiger partial charge in [-0.15, -0.1) is 0 Å². The summed E-state index contributed by atoms with van der Waals surface area (Å²) in [6, 6.07) is 3.58. The summed E-state index contributed by atoms with van der Waals surface area (Å²) in [5.74, 6) is 1.50. The van der Waals surface area contributed by atoms with Gasteiger partial charge in [-0.3, -0.25) is 4.79 Å². The Hall–Kier alpha value is -1.13. The van der Waals surface area contributed by atoms with E-state index in [0.717, 1.165) is 31.8 Å². The van der Waals surface area contributed by atoms with E-state index in [1.807, 2.05) is 6.07 Å². The Labute approximate surface area is 88.4 Å². The SMILES string of the molecule is NCC(=O)c1ccc(C2CCOCC2)o1. The minimum Gasteiger partial charge on any atom is -0.458 e. The van der Waals surface area contributed by atoms with Gasteiger partial charge in [0.05, 0.1) is 6.54 Å². The van der Waals surface area contributed by atoms with Crippen molar-refractivity contribution in [2.45, 2.75) is 18.8 Å². The molecular weight excluding hydrogens is 194 g/mol. The van der Waals surface area contributed by atoms with Gasteiger partial charge in [-0.1, -0.05) is 0 Å². The normalized spacial score (nSPS) is 17.9. The van der Waals surface area contributed by atoms with Crippen molar-refractivity contribution in [1.82, 2.24) is 0 Å². The summed E-state index contributed by atoms with van der Waals surface area (Å²) >= 11 is 0. The lowest BCUT2D eigenvalue weighted by atomic mass is 9.98. The maximum absolute atomic E-state index is 11.3. The number of ketones is 1. The molecule has 1 saturated heterocycles. The number of hydrogen-bond acceptors (Lipinski definition) is 4. The zero-order chi connectivity index (χ0) is 10.7. The highest BCUT2D eigenvalue weighted by molar-refractivity contribution is 5.94. The smallest absolute Gasteiger partial charge is 0.211 e. The first-order chi connectivity index (χ1) is 7.31. The molecule has 1 aromatic heterocycles. The van der Waals surface area contributed by atoms with E-state index in [2.05, 4.69) is 0 Å². The van der Waals surface area contributed by atoms with Crippen LogP contribution in [-0.4, -0.2) is 25.5 Å². The first kappa shape index (κ1) is 10.4. The molecule has 2 rings (SSSR count). The van der Waals surface area contributed by atoms with Gasteiger partial charge in [0.15, 0.2) is 5.76 Å². The molecule has 1 aromatic rings. The molecule has 4 nitrogen and oxygen atoms in total. The number of nitrogens with two attached hydrogens (primary N) is 1. The molecule has 1 aliphatic heterocycles. The monoisotopic (exact) mass is 209 g/mol. The molecule has 1 fully saturated rings. The Bertz CT molecular complexity index is 339. The van der Waals surface area contributed by atoms with Crippen LogP contribution in [0.25, 0.3) is 0 Å². The fraction of sp³-hybridized carbons (Fsp3) is 0.545. The van der Waals surface area contributed by atoms with Crippen LogP contribution in [0, 0.1) is 0 Å². The van der Waals surface area contributed by atoms with Gasteiger partial charge in [-0.05, 0) is 25.0 Å². The molecule has 4 heteroatoms. The minimum atomic E-state index is -0.145. The number of ether oxygens (including phenoxy) is 1. The Morgan fingerprint density at radius 2 is 2.13 bits per heavy atom. The van der Waals surface area contributed by atoms with Gasteiger partial charge in [0.2, 0.25) is 5.78 Å². The summed E-state index contributed by atoms with van der Waals surface area (Å²) in [5.41, 5.74) is 5.26. The van der Waals surface area contributed by atoms with Gasteiger partial charge in [0.25, 0.3) is 0 Å². The van der Waals surface area contributed by atoms with Gasteiger partial charge in [-0.2, -0.15) is 0 Å². The van der Waals surface area contributed by atoms with Gasteiger partial charge in [-0.25, -0.2) is 0 Å². The zero-order valence-corrected chi connectivity index (χ0v) is 8.57. The molecule has 0 aromatic carbocycles. The molecule has 0 unspecified atom stereocenters. The summed E-state index contributed by atoms with van der Waals surface area (Å²) < 4.78 is 10.8. The van der Waals surface area contributed by atoms with Gasteiger partial charge in [0.1, 0.15) is 5.76 Å². The molecule has 1 aliphatic rings. The predicted molar refractivity (Wildman–Crippen MR) is 54.9 cm³/mol. The molecule has 0 saturated carbocycles. The second kappa shape index (κ2) is 4.59. The molecule has 0 spiro atoms. The highest BCUT2D eigenvalue weighted by Crippen LogP contribution is 2.28. The molecule has 2 N–H and O–H groups in total. The number of rotatable bonds is 3. The van der Waals surface area contributed by atoms with E-state index in [4.69, 9.17) is 14.9 Å². The number of carbonyl (C=O) groups excluding carboxylic acids is 1. The Morgan fingerprint density at radius 3 is 2.80 bits per heavy atom. The molecule has 15 heavy (non-hydrogen) atoms. The molecule has 0 aliphatic carbocycles. The third kappa shape index (κ3) is 2.27. The lowest BCUT2D eigenvalue weighted by Crippen LogP contribution is -2.14. The van der Waals surface area contributed by atoms with Gasteiger partial charge in [0, 0.05) is 19.1 Å². The maximum Gasteiger partial charge on any atom is 0.211 e. The molecule has 82 valence electrons.